The predicted molar refractivity (Wildman–Crippen MR) is 97.5 cm³/mol. The first-order valence-corrected chi connectivity index (χ1v) is 8.72. The van der Waals surface area contributed by atoms with Crippen molar-refractivity contribution in [2.45, 2.75) is 45.6 Å². The molecule has 1 aromatic rings. The number of aryl methyl sites for hydroxylation is 1. The van der Waals surface area contributed by atoms with Crippen LogP contribution in [0.1, 0.15) is 49.5 Å². The summed E-state index contributed by atoms with van der Waals surface area (Å²) in [6, 6.07) is 4.96. The predicted octanol–water partition coefficient (Wildman–Crippen LogP) is 2.21. The van der Waals surface area contributed by atoms with Crippen LogP contribution in [0.4, 0.5) is 10.5 Å². The lowest BCUT2D eigenvalue weighted by molar-refractivity contribution is -0.142. The van der Waals surface area contributed by atoms with Crippen LogP contribution >= 0.6 is 0 Å². The molecule has 2 amide bonds. The Morgan fingerprint density at radius 2 is 1.93 bits per heavy atom. The summed E-state index contributed by atoms with van der Waals surface area (Å²) in [7, 11) is 0. The van der Waals surface area contributed by atoms with Crippen molar-refractivity contribution in [2.24, 2.45) is 0 Å². The normalized spacial score (nSPS) is 13.2. The fraction of sp³-hybridized carbons (Fsp3) is 0.474. The summed E-state index contributed by atoms with van der Waals surface area (Å²) in [4.78, 5) is 46.7. The smallest absolute Gasteiger partial charge is 0.407 e. The Labute approximate surface area is 157 Å². The first-order chi connectivity index (χ1) is 12.6. The zero-order valence-corrected chi connectivity index (χ0v) is 15.7. The average Bonchev–Trinajstić information content (AvgIpc) is 2.57. The van der Waals surface area contributed by atoms with Gasteiger partial charge in [0.15, 0.2) is 12.4 Å². The third-order valence-corrected chi connectivity index (χ3v) is 3.68. The lowest BCUT2D eigenvalue weighted by Gasteiger charge is -2.19. The minimum absolute atomic E-state index is 0.0458. The van der Waals surface area contributed by atoms with Gasteiger partial charge in [-0.2, -0.15) is 0 Å². The molecule has 1 aromatic carbocycles. The molecule has 0 fully saturated rings. The van der Waals surface area contributed by atoms with E-state index in [9.17, 15) is 19.2 Å². The molecule has 2 N–H and O–H groups in total. The van der Waals surface area contributed by atoms with Crippen molar-refractivity contribution in [3.8, 4) is 0 Å². The summed E-state index contributed by atoms with van der Waals surface area (Å²) >= 11 is 0. The molecule has 2 rings (SSSR count). The number of nitrogens with one attached hydrogen (secondary N) is 2. The van der Waals surface area contributed by atoms with Crippen LogP contribution in [0.15, 0.2) is 18.2 Å². The molecule has 0 aliphatic carbocycles. The highest BCUT2D eigenvalue weighted by molar-refractivity contribution is 6.00. The summed E-state index contributed by atoms with van der Waals surface area (Å²) in [5, 5.41) is 5.19. The lowest BCUT2D eigenvalue weighted by Crippen LogP contribution is -2.33. The van der Waals surface area contributed by atoms with E-state index in [-0.39, 0.29) is 31.3 Å². The van der Waals surface area contributed by atoms with Gasteiger partial charge in [-0.15, -0.1) is 0 Å². The largest absolute Gasteiger partial charge is 0.457 e. The Bertz CT molecular complexity index is 751. The van der Waals surface area contributed by atoms with E-state index >= 15 is 0 Å². The zero-order valence-electron chi connectivity index (χ0n) is 15.7. The van der Waals surface area contributed by atoms with Crippen LogP contribution in [0.3, 0.4) is 0 Å². The molecule has 146 valence electrons. The minimum atomic E-state index is -0.618. The van der Waals surface area contributed by atoms with E-state index in [0.29, 0.717) is 24.1 Å². The number of carbonyl (C=O) groups excluding carboxylic acids is 4. The number of amides is 2. The van der Waals surface area contributed by atoms with Crippen molar-refractivity contribution in [1.82, 2.24) is 5.32 Å². The highest BCUT2D eigenvalue weighted by Crippen LogP contribution is 2.23. The van der Waals surface area contributed by atoms with E-state index in [1.807, 2.05) is 0 Å². The second-order valence-electron chi connectivity index (χ2n) is 7.18. The molecule has 0 bridgehead atoms. The number of Topliss-reactive ketones (excluding diaryl/α,β-unsaturated/α-hetero) is 1. The van der Waals surface area contributed by atoms with E-state index in [1.54, 1.807) is 39.0 Å². The van der Waals surface area contributed by atoms with E-state index in [4.69, 9.17) is 9.47 Å². The van der Waals surface area contributed by atoms with Crippen LogP contribution in [-0.2, 0) is 25.5 Å². The average molecular weight is 376 g/mol. The van der Waals surface area contributed by atoms with Crippen LogP contribution in [0, 0.1) is 0 Å². The standard InChI is InChI=1S/C19H24N2O6/c1-19(2,3)27-18(25)20-9-8-17(24)26-11-15(22)13-4-6-14-12(10-13)5-7-16(23)21-14/h4,6,10H,5,7-9,11H2,1-3H3,(H,20,25)(H,21,23). The van der Waals surface area contributed by atoms with Gasteiger partial charge in [0.1, 0.15) is 5.60 Å². The monoisotopic (exact) mass is 376 g/mol. The molecule has 0 saturated heterocycles. The first kappa shape index (κ1) is 20.4. The van der Waals surface area contributed by atoms with Gasteiger partial charge in [-0.05, 0) is 51.0 Å². The van der Waals surface area contributed by atoms with Crippen molar-refractivity contribution < 1.29 is 28.7 Å². The van der Waals surface area contributed by atoms with E-state index in [1.165, 1.54) is 0 Å². The summed E-state index contributed by atoms with van der Waals surface area (Å²) in [6.07, 6.45) is 0.262. The number of alkyl carbamates (subject to hydrolysis) is 1. The highest BCUT2D eigenvalue weighted by atomic mass is 16.6. The Morgan fingerprint density at radius 3 is 2.63 bits per heavy atom. The number of esters is 1. The van der Waals surface area contributed by atoms with Gasteiger partial charge in [0.05, 0.1) is 6.42 Å². The summed E-state index contributed by atoms with van der Waals surface area (Å²) in [5.74, 6) is -0.969. The Morgan fingerprint density at radius 1 is 1.19 bits per heavy atom. The molecular formula is C19H24N2O6. The number of ketones is 1. The maximum atomic E-state index is 12.2. The Hall–Kier alpha value is -2.90. The molecule has 1 heterocycles. The van der Waals surface area contributed by atoms with Gasteiger partial charge in [0, 0.05) is 24.2 Å². The number of fused-ring (bicyclic) bond motifs is 1. The summed E-state index contributed by atoms with van der Waals surface area (Å²) < 4.78 is 10.00. The van der Waals surface area contributed by atoms with Crippen molar-refractivity contribution in [3.05, 3.63) is 29.3 Å². The highest BCUT2D eigenvalue weighted by Gasteiger charge is 2.18. The summed E-state index contributed by atoms with van der Waals surface area (Å²) in [6.45, 7) is 4.89. The molecule has 8 heteroatoms. The molecule has 0 unspecified atom stereocenters. The number of rotatable bonds is 6. The van der Waals surface area contributed by atoms with Gasteiger partial charge in [-0.3, -0.25) is 14.4 Å². The molecule has 0 aromatic heterocycles. The summed E-state index contributed by atoms with van der Waals surface area (Å²) in [5.41, 5.74) is 1.39. The molecule has 0 radical (unpaired) electrons. The Kier molecular flexibility index (Phi) is 6.55. The SMILES string of the molecule is CC(C)(C)OC(=O)NCCC(=O)OCC(=O)c1ccc2c(c1)CCC(=O)N2. The fourth-order valence-corrected chi connectivity index (χ4v) is 2.44. The van der Waals surface area contributed by atoms with Crippen LogP contribution in [0.2, 0.25) is 0 Å². The van der Waals surface area contributed by atoms with Crippen LogP contribution in [-0.4, -0.2) is 42.5 Å². The molecule has 1 aliphatic rings. The van der Waals surface area contributed by atoms with Crippen molar-refractivity contribution in [3.63, 3.8) is 0 Å². The van der Waals surface area contributed by atoms with Crippen LogP contribution in [0.5, 0.6) is 0 Å². The fourth-order valence-electron chi connectivity index (χ4n) is 2.44. The molecular weight excluding hydrogens is 352 g/mol. The van der Waals surface area contributed by atoms with Crippen LogP contribution in [0.25, 0.3) is 0 Å². The minimum Gasteiger partial charge on any atom is -0.457 e. The Balaban J connectivity index is 1.74. The van der Waals surface area contributed by atoms with Gasteiger partial charge in [-0.1, -0.05) is 0 Å². The molecule has 0 spiro atoms. The van der Waals surface area contributed by atoms with Gasteiger partial charge >= 0.3 is 12.1 Å². The first-order valence-electron chi connectivity index (χ1n) is 8.72. The number of anilines is 1. The van der Waals surface area contributed by atoms with Gasteiger partial charge in [-0.25, -0.2) is 4.79 Å². The number of hydrogen-bond donors (Lipinski definition) is 2. The second kappa shape index (κ2) is 8.66. The molecule has 0 saturated carbocycles. The van der Waals surface area contributed by atoms with E-state index in [2.05, 4.69) is 10.6 Å². The zero-order chi connectivity index (χ0) is 20.0. The number of hydrogen-bond acceptors (Lipinski definition) is 6. The number of ether oxygens (including phenoxy) is 2. The van der Waals surface area contributed by atoms with E-state index in [0.717, 1.165) is 5.56 Å². The molecule has 1 aliphatic heterocycles. The quantitative estimate of drug-likeness (QED) is 0.582. The van der Waals surface area contributed by atoms with Crippen LogP contribution < -0.4 is 10.6 Å². The number of carbonyl (C=O) groups is 4. The topological polar surface area (TPSA) is 111 Å². The van der Waals surface area contributed by atoms with Crippen molar-refractivity contribution in [2.75, 3.05) is 18.5 Å². The third-order valence-electron chi connectivity index (χ3n) is 3.68. The second-order valence-corrected chi connectivity index (χ2v) is 7.18. The van der Waals surface area contributed by atoms with Crippen molar-refractivity contribution >= 4 is 29.4 Å². The molecule has 8 nitrogen and oxygen atoms in total. The maximum Gasteiger partial charge on any atom is 0.407 e. The van der Waals surface area contributed by atoms with Gasteiger partial charge in [0.2, 0.25) is 5.91 Å². The lowest BCUT2D eigenvalue weighted by atomic mass is 9.99. The maximum absolute atomic E-state index is 12.2. The number of benzene rings is 1. The van der Waals surface area contributed by atoms with Gasteiger partial charge in [0.25, 0.3) is 0 Å². The van der Waals surface area contributed by atoms with Crippen molar-refractivity contribution in [1.29, 1.82) is 0 Å². The third kappa shape index (κ3) is 6.73. The molecule has 0 atom stereocenters. The van der Waals surface area contributed by atoms with Gasteiger partial charge < -0.3 is 20.1 Å². The molecule has 27 heavy (non-hydrogen) atoms. The van der Waals surface area contributed by atoms with E-state index < -0.39 is 17.7 Å².